The van der Waals surface area contributed by atoms with E-state index >= 15 is 0 Å². The van der Waals surface area contributed by atoms with Gasteiger partial charge in [-0.05, 0) is 42.3 Å². The molecule has 0 unspecified atom stereocenters. The highest BCUT2D eigenvalue weighted by molar-refractivity contribution is 7.92. The van der Waals surface area contributed by atoms with Gasteiger partial charge in [-0.1, -0.05) is 91.0 Å². The summed E-state index contributed by atoms with van der Waals surface area (Å²) in [6.07, 6.45) is 0. The molecule has 1 amide bonds. The molecule has 4 rings (SSSR count). The number of nitrogens with zero attached hydrogens (tertiary/aromatic N) is 2. The Balaban J connectivity index is 1.73. The van der Waals surface area contributed by atoms with Crippen LogP contribution in [0.15, 0.2) is 125 Å². The fourth-order valence-electron chi connectivity index (χ4n) is 3.59. The first-order valence-corrected chi connectivity index (χ1v) is 12.5. The molecule has 0 fully saturated rings. The molecule has 1 N–H and O–H groups in total. The van der Waals surface area contributed by atoms with Crippen LogP contribution in [0.2, 0.25) is 0 Å². The number of carbonyl (C=O) groups excluding carboxylic acids is 1. The number of sulfonamides is 1. The van der Waals surface area contributed by atoms with E-state index in [9.17, 15) is 13.2 Å². The topological polar surface area (TPSA) is 78.8 Å². The summed E-state index contributed by atoms with van der Waals surface area (Å²) in [6.45, 7) is 1.86. The Morgan fingerprint density at radius 1 is 0.771 bits per heavy atom. The van der Waals surface area contributed by atoms with Gasteiger partial charge in [-0.25, -0.2) is 13.8 Å². The van der Waals surface area contributed by atoms with E-state index in [0.29, 0.717) is 5.71 Å². The Kier molecular flexibility index (Phi) is 7.38. The Morgan fingerprint density at radius 3 is 1.97 bits per heavy atom. The maximum atomic E-state index is 13.7. The molecule has 0 aliphatic carbocycles. The second-order valence-corrected chi connectivity index (χ2v) is 9.69. The number of benzene rings is 4. The van der Waals surface area contributed by atoms with Gasteiger partial charge in [0.1, 0.15) is 0 Å². The van der Waals surface area contributed by atoms with Gasteiger partial charge in [-0.15, -0.1) is 0 Å². The van der Waals surface area contributed by atoms with E-state index in [-0.39, 0.29) is 22.7 Å². The van der Waals surface area contributed by atoms with Gasteiger partial charge in [-0.2, -0.15) is 5.10 Å². The second-order valence-electron chi connectivity index (χ2n) is 7.83. The number of para-hydroxylation sites is 1. The van der Waals surface area contributed by atoms with Crippen molar-refractivity contribution in [2.45, 2.75) is 18.4 Å². The zero-order chi connectivity index (χ0) is 24.7. The van der Waals surface area contributed by atoms with E-state index in [1.165, 1.54) is 4.31 Å². The highest BCUT2D eigenvalue weighted by Gasteiger charge is 2.28. The molecule has 4 aromatic carbocycles. The van der Waals surface area contributed by atoms with E-state index in [0.717, 1.165) is 11.1 Å². The molecule has 0 saturated carbocycles. The maximum Gasteiger partial charge on any atom is 0.273 e. The lowest BCUT2D eigenvalue weighted by molar-refractivity contribution is 0.0955. The molecule has 0 saturated heterocycles. The molecule has 0 atom stereocenters. The van der Waals surface area contributed by atoms with Crippen LogP contribution >= 0.6 is 0 Å². The number of rotatable bonds is 8. The van der Waals surface area contributed by atoms with Crippen molar-refractivity contribution in [2.24, 2.45) is 5.10 Å². The highest BCUT2D eigenvalue weighted by Crippen LogP contribution is 2.29. The lowest BCUT2D eigenvalue weighted by atomic mass is 10.1. The van der Waals surface area contributed by atoms with E-state index in [1.54, 1.807) is 61.5 Å². The molecule has 4 aromatic rings. The molecule has 0 radical (unpaired) electrons. The van der Waals surface area contributed by atoms with Gasteiger partial charge in [0.25, 0.3) is 15.9 Å². The molecule has 7 heteroatoms. The number of amides is 1. The maximum absolute atomic E-state index is 13.7. The summed E-state index contributed by atoms with van der Waals surface area (Å²) < 4.78 is 28.7. The predicted octanol–water partition coefficient (Wildman–Crippen LogP) is 5.24. The van der Waals surface area contributed by atoms with Crippen LogP contribution in [-0.4, -0.2) is 20.0 Å². The number of hydrazone groups is 1. The zero-order valence-corrected chi connectivity index (χ0v) is 20.0. The molecule has 176 valence electrons. The van der Waals surface area contributed by atoms with Crippen molar-refractivity contribution in [3.63, 3.8) is 0 Å². The van der Waals surface area contributed by atoms with E-state index in [2.05, 4.69) is 10.5 Å². The zero-order valence-electron chi connectivity index (χ0n) is 19.2. The van der Waals surface area contributed by atoms with Crippen LogP contribution < -0.4 is 9.73 Å². The van der Waals surface area contributed by atoms with Crippen LogP contribution in [0.25, 0.3) is 0 Å². The van der Waals surface area contributed by atoms with Crippen LogP contribution in [0.3, 0.4) is 0 Å². The fraction of sp³-hybridized carbons (Fsp3) is 0.0714. The molecular weight excluding hydrogens is 458 g/mol. The third-order valence-corrected chi connectivity index (χ3v) is 7.21. The first-order chi connectivity index (χ1) is 17.0. The summed E-state index contributed by atoms with van der Waals surface area (Å²) >= 11 is 0. The lowest BCUT2D eigenvalue weighted by Gasteiger charge is -2.26. The van der Waals surface area contributed by atoms with Crippen molar-refractivity contribution < 1.29 is 13.2 Å². The van der Waals surface area contributed by atoms with Gasteiger partial charge >= 0.3 is 0 Å². The molecule has 6 nitrogen and oxygen atoms in total. The number of nitrogens with one attached hydrogen (secondary N) is 1. The number of carbonyl (C=O) groups is 1. The molecule has 35 heavy (non-hydrogen) atoms. The summed E-state index contributed by atoms with van der Waals surface area (Å²) in [5, 5.41) is 4.22. The van der Waals surface area contributed by atoms with E-state index in [1.807, 2.05) is 60.7 Å². The van der Waals surface area contributed by atoms with Crippen molar-refractivity contribution >= 4 is 27.3 Å². The average molecular weight is 484 g/mol. The largest absolute Gasteiger partial charge is 0.273 e. The number of hydrogen-bond acceptors (Lipinski definition) is 4. The molecular formula is C28H25N3O3S. The molecule has 0 bridgehead atoms. The summed E-state index contributed by atoms with van der Waals surface area (Å²) in [7, 11) is -3.97. The van der Waals surface area contributed by atoms with E-state index in [4.69, 9.17) is 0 Å². The summed E-state index contributed by atoms with van der Waals surface area (Å²) in [4.78, 5) is 13.3. The SMILES string of the molecule is C/C(=N\NC(=O)c1ccccc1N(Cc1ccccc1)S(=O)(=O)c1ccccc1)c1ccccc1. The van der Waals surface area contributed by atoms with Crippen LogP contribution in [0.5, 0.6) is 0 Å². The minimum absolute atomic E-state index is 0.0642. The van der Waals surface area contributed by atoms with Gasteiger partial charge in [-0.3, -0.25) is 9.10 Å². The predicted molar refractivity (Wildman–Crippen MR) is 139 cm³/mol. The van der Waals surface area contributed by atoms with E-state index < -0.39 is 15.9 Å². The highest BCUT2D eigenvalue weighted by atomic mass is 32.2. The van der Waals surface area contributed by atoms with Crippen molar-refractivity contribution in [2.75, 3.05) is 4.31 Å². The van der Waals surface area contributed by atoms with Crippen molar-refractivity contribution in [1.82, 2.24) is 5.43 Å². The molecule has 0 spiro atoms. The normalized spacial score (nSPS) is 11.6. The Labute approximate surface area is 205 Å². The van der Waals surface area contributed by atoms with Crippen molar-refractivity contribution in [3.8, 4) is 0 Å². The number of anilines is 1. The smallest absolute Gasteiger partial charge is 0.267 e. The third-order valence-electron chi connectivity index (χ3n) is 5.43. The molecule has 0 aliphatic heterocycles. The van der Waals surface area contributed by atoms with Crippen LogP contribution in [0, 0.1) is 0 Å². The Morgan fingerprint density at radius 2 is 1.31 bits per heavy atom. The fourth-order valence-corrected chi connectivity index (χ4v) is 5.08. The molecule has 0 heterocycles. The quantitative estimate of drug-likeness (QED) is 0.275. The minimum atomic E-state index is -3.97. The van der Waals surface area contributed by atoms with Gasteiger partial charge < -0.3 is 0 Å². The Hall–Kier alpha value is -4.23. The summed E-state index contributed by atoms with van der Waals surface area (Å²) in [6, 6.07) is 33.6. The third kappa shape index (κ3) is 5.65. The average Bonchev–Trinajstić information content (AvgIpc) is 2.91. The van der Waals surface area contributed by atoms with Gasteiger partial charge in [0.15, 0.2) is 0 Å². The lowest BCUT2D eigenvalue weighted by Crippen LogP contribution is -2.33. The molecule has 0 aromatic heterocycles. The van der Waals surface area contributed by atoms with Crippen LogP contribution in [-0.2, 0) is 16.6 Å². The van der Waals surface area contributed by atoms with Crippen molar-refractivity contribution in [1.29, 1.82) is 0 Å². The second kappa shape index (κ2) is 10.8. The summed E-state index contributed by atoms with van der Waals surface area (Å²) in [5.41, 5.74) is 5.34. The monoisotopic (exact) mass is 483 g/mol. The number of hydrogen-bond donors (Lipinski definition) is 1. The molecule has 0 aliphatic rings. The van der Waals surface area contributed by atoms with Crippen LogP contribution in [0.1, 0.15) is 28.4 Å². The van der Waals surface area contributed by atoms with Gasteiger partial charge in [0.05, 0.1) is 28.4 Å². The summed E-state index contributed by atoms with van der Waals surface area (Å²) in [5.74, 6) is -0.503. The minimum Gasteiger partial charge on any atom is -0.267 e. The van der Waals surface area contributed by atoms with Crippen molar-refractivity contribution in [3.05, 3.63) is 132 Å². The standard InChI is InChI=1S/C28H25N3O3S/c1-22(24-15-7-3-8-16-24)29-30-28(32)26-19-11-12-20-27(26)31(21-23-13-5-2-6-14-23)35(33,34)25-17-9-4-10-18-25/h2-20H,21H2,1H3,(H,30,32)/b29-22+. The first-order valence-electron chi connectivity index (χ1n) is 11.1. The van der Waals surface area contributed by atoms with Crippen LogP contribution in [0.4, 0.5) is 5.69 Å². The Bertz CT molecular complexity index is 1420. The van der Waals surface area contributed by atoms with Gasteiger partial charge in [0.2, 0.25) is 0 Å². The van der Waals surface area contributed by atoms with Gasteiger partial charge in [0, 0.05) is 0 Å². The first kappa shape index (κ1) is 23.9.